The Balaban J connectivity index is 1.78. The van der Waals surface area contributed by atoms with Gasteiger partial charge in [-0.1, -0.05) is 26.0 Å². The van der Waals surface area contributed by atoms with Crippen LogP contribution < -0.4 is 10.6 Å². The lowest BCUT2D eigenvalue weighted by molar-refractivity contribution is 0.0354. The van der Waals surface area contributed by atoms with Crippen LogP contribution in [0.2, 0.25) is 0 Å². The van der Waals surface area contributed by atoms with Gasteiger partial charge in [0.1, 0.15) is 0 Å². The molecule has 2 rings (SSSR count). The maximum absolute atomic E-state index is 11.9. The third kappa shape index (κ3) is 6.20. The topological polar surface area (TPSA) is 70.6 Å². The molecule has 1 fully saturated rings. The first-order valence-electron chi connectivity index (χ1n) is 8.48. The third-order valence-corrected chi connectivity index (χ3v) is 4.40. The number of ether oxygens (including phenoxy) is 1. The molecule has 1 aliphatic rings. The minimum Gasteiger partial charge on any atom is -0.388 e. The van der Waals surface area contributed by atoms with E-state index in [1.165, 1.54) is 12.8 Å². The highest BCUT2D eigenvalue weighted by molar-refractivity contribution is 5.89. The molecule has 1 aromatic carbocycles. The average molecular weight is 320 g/mol. The lowest BCUT2D eigenvalue weighted by Gasteiger charge is -2.25. The Hall–Kier alpha value is -1.59. The van der Waals surface area contributed by atoms with Crippen LogP contribution in [-0.4, -0.2) is 29.9 Å². The number of carbonyl (C=O) groups is 1. The fourth-order valence-corrected chi connectivity index (χ4v) is 2.29. The molecule has 0 saturated heterocycles. The van der Waals surface area contributed by atoms with Gasteiger partial charge >= 0.3 is 6.03 Å². The van der Waals surface area contributed by atoms with Crippen LogP contribution in [0.1, 0.15) is 45.1 Å². The first-order chi connectivity index (χ1) is 11.0. The van der Waals surface area contributed by atoms with Crippen LogP contribution in [0.15, 0.2) is 24.3 Å². The van der Waals surface area contributed by atoms with Crippen molar-refractivity contribution in [2.75, 3.05) is 18.5 Å². The van der Waals surface area contributed by atoms with Gasteiger partial charge in [-0.15, -0.1) is 0 Å². The van der Waals surface area contributed by atoms with Crippen molar-refractivity contribution >= 4 is 11.7 Å². The molecular weight excluding hydrogens is 292 g/mol. The fraction of sp³-hybridized carbons (Fsp3) is 0.611. The molecule has 1 aromatic rings. The van der Waals surface area contributed by atoms with Gasteiger partial charge in [0, 0.05) is 18.8 Å². The number of hydrogen-bond acceptors (Lipinski definition) is 3. The fourth-order valence-electron chi connectivity index (χ4n) is 2.29. The van der Waals surface area contributed by atoms with Crippen LogP contribution in [0.25, 0.3) is 0 Å². The molecule has 0 atom stereocenters. The first-order valence-corrected chi connectivity index (χ1v) is 8.48. The van der Waals surface area contributed by atoms with Crippen molar-refractivity contribution in [3.05, 3.63) is 29.8 Å². The lowest BCUT2D eigenvalue weighted by Crippen LogP contribution is -2.43. The molecule has 0 aromatic heterocycles. The van der Waals surface area contributed by atoms with Gasteiger partial charge in [-0.05, 0) is 49.3 Å². The van der Waals surface area contributed by atoms with Gasteiger partial charge in [-0.25, -0.2) is 4.79 Å². The maximum Gasteiger partial charge on any atom is 0.319 e. The Labute approximate surface area is 138 Å². The Bertz CT molecular complexity index is 511. The van der Waals surface area contributed by atoms with E-state index >= 15 is 0 Å². The second kappa shape index (κ2) is 8.31. The minimum atomic E-state index is -0.837. The standard InChI is InChI=1S/C18H28N2O3/c1-3-18(22,4-2)13-19-17(21)20-16-7-5-6-15(10-16)12-23-11-14-8-9-14/h5-7,10,14,22H,3-4,8-9,11-13H2,1-2H3,(H2,19,20,21). The summed E-state index contributed by atoms with van der Waals surface area (Å²) >= 11 is 0. The van der Waals surface area contributed by atoms with Crippen molar-refractivity contribution in [2.45, 2.75) is 51.7 Å². The highest BCUT2D eigenvalue weighted by Gasteiger charge is 2.23. The molecule has 1 saturated carbocycles. The number of rotatable bonds is 9. The molecule has 23 heavy (non-hydrogen) atoms. The molecule has 1 aliphatic carbocycles. The van der Waals surface area contributed by atoms with Gasteiger partial charge in [0.2, 0.25) is 0 Å². The van der Waals surface area contributed by atoms with Crippen molar-refractivity contribution in [2.24, 2.45) is 5.92 Å². The summed E-state index contributed by atoms with van der Waals surface area (Å²) in [5, 5.41) is 15.7. The molecule has 0 heterocycles. The van der Waals surface area contributed by atoms with Crippen LogP contribution >= 0.6 is 0 Å². The van der Waals surface area contributed by atoms with E-state index in [0.29, 0.717) is 19.4 Å². The smallest absolute Gasteiger partial charge is 0.319 e. The summed E-state index contributed by atoms with van der Waals surface area (Å²) in [6, 6.07) is 7.35. The number of amides is 2. The second-order valence-corrected chi connectivity index (χ2v) is 6.40. The maximum atomic E-state index is 11.9. The highest BCUT2D eigenvalue weighted by Crippen LogP contribution is 2.29. The number of nitrogens with one attached hydrogen (secondary N) is 2. The summed E-state index contributed by atoms with van der Waals surface area (Å²) in [7, 11) is 0. The van der Waals surface area contributed by atoms with Gasteiger partial charge in [0.05, 0.1) is 12.2 Å². The Kier molecular flexibility index (Phi) is 6.42. The predicted octanol–water partition coefficient (Wildman–Crippen LogP) is 3.29. The van der Waals surface area contributed by atoms with Crippen LogP contribution in [0.4, 0.5) is 10.5 Å². The average Bonchev–Trinajstić information content (AvgIpc) is 3.37. The SMILES string of the molecule is CCC(O)(CC)CNC(=O)Nc1cccc(COCC2CC2)c1. The Morgan fingerprint density at radius 3 is 2.74 bits per heavy atom. The molecule has 3 N–H and O–H groups in total. The summed E-state index contributed by atoms with van der Waals surface area (Å²) in [4.78, 5) is 11.9. The monoisotopic (exact) mass is 320 g/mol. The van der Waals surface area contributed by atoms with E-state index in [2.05, 4.69) is 10.6 Å². The summed E-state index contributed by atoms with van der Waals surface area (Å²) in [6.07, 6.45) is 3.78. The van der Waals surface area contributed by atoms with E-state index in [4.69, 9.17) is 4.74 Å². The van der Waals surface area contributed by atoms with Crippen LogP contribution in [0.5, 0.6) is 0 Å². The number of hydrogen-bond donors (Lipinski definition) is 3. The molecule has 0 spiro atoms. The molecule has 5 heteroatoms. The van der Waals surface area contributed by atoms with Gasteiger partial charge in [-0.2, -0.15) is 0 Å². The van der Waals surface area contributed by atoms with Crippen molar-refractivity contribution in [1.29, 1.82) is 0 Å². The highest BCUT2D eigenvalue weighted by atomic mass is 16.5. The van der Waals surface area contributed by atoms with E-state index in [1.54, 1.807) is 0 Å². The molecule has 0 bridgehead atoms. The lowest BCUT2D eigenvalue weighted by atomic mass is 9.98. The van der Waals surface area contributed by atoms with Crippen molar-refractivity contribution in [1.82, 2.24) is 5.32 Å². The van der Waals surface area contributed by atoms with E-state index < -0.39 is 5.60 Å². The zero-order chi connectivity index (χ0) is 16.7. The molecule has 2 amide bonds. The van der Waals surface area contributed by atoms with Crippen LogP contribution in [0, 0.1) is 5.92 Å². The van der Waals surface area contributed by atoms with E-state index in [0.717, 1.165) is 23.8 Å². The third-order valence-electron chi connectivity index (χ3n) is 4.40. The molecule has 128 valence electrons. The number of anilines is 1. The molecule has 0 unspecified atom stereocenters. The number of urea groups is 1. The van der Waals surface area contributed by atoms with E-state index in [-0.39, 0.29) is 12.6 Å². The minimum absolute atomic E-state index is 0.246. The summed E-state index contributed by atoms with van der Waals surface area (Å²) in [6.45, 7) is 5.46. The van der Waals surface area contributed by atoms with Crippen molar-refractivity contribution in [3.63, 3.8) is 0 Å². The second-order valence-electron chi connectivity index (χ2n) is 6.40. The molecule has 0 aliphatic heterocycles. The predicted molar refractivity (Wildman–Crippen MR) is 91.4 cm³/mol. The summed E-state index contributed by atoms with van der Waals surface area (Å²) in [5.41, 5.74) is 0.934. The summed E-state index contributed by atoms with van der Waals surface area (Å²) in [5.74, 6) is 0.748. The van der Waals surface area contributed by atoms with E-state index in [1.807, 2.05) is 38.1 Å². The van der Waals surface area contributed by atoms with Gasteiger partial charge in [0.15, 0.2) is 0 Å². The largest absolute Gasteiger partial charge is 0.388 e. The number of aliphatic hydroxyl groups is 1. The normalized spacial score (nSPS) is 14.6. The first kappa shape index (κ1) is 17.8. The molecule has 0 radical (unpaired) electrons. The van der Waals surface area contributed by atoms with Crippen molar-refractivity contribution < 1.29 is 14.6 Å². The number of carbonyl (C=O) groups excluding carboxylic acids is 1. The molecule has 5 nitrogen and oxygen atoms in total. The zero-order valence-corrected chi connectivity index (χ0v) is 14.1. The van der Waals surface area contributed by atoms with E-state index in [9.17, 15) is 9.90 Å². The van der Waals surface area contributed by atoms with Crippen LogP contribution in [0.3, 0.4) is 0 Å². The quantitative estimate of drug-likeness (QED) is 0.654. The van der Waals surface area contributed by atoms with Gasteiger partial charge in [0.25, 0.3) is 0 Å². The zero-order valence-electron chi connectivity index (χ0n) is 14.1. The molecular formula is C18H28N2O3. The van der Waals surface area contributed by atoms with Gasteiger partial charge < -0.3 is 20.5 Å². The van der Waals surface area contributed by atoms with Gasteiger partial charge in [-0.3, -0.25) is 0 Å². The number of benzene rings is 1. The van der Waals surface area contributed by atoms with Crippen molar-refractivity contribution in [3.8, 4) is 0 Å². The Morgan fingerprint density at radius 2 is 2.09 bits per heavy atom. The summed E-state index contributed by atoms with van der Waals surface area (Å²) < 4.78 is 5.66. The van der Waals surface area contributed by atoms with Crippen LogP contribution in [-0.2, 0) is 11.3 Å². The Morgan fingerprint density at radius 1 is 1.35 bits per heavy atom.